The summed E-state index contributed by atoms with van der Waals surface area (Å²) in [6.07, 6.45) is 6.22. The van der Waals surface area contributed by atoms with Crippen LogP contribution in [0, 0.1) is 23.7 Å². The van der Waals surface area contributed by atoms with Gasteiger partial charge in [0.05, 0.1) is 14.2 Å². The maximum absolute atomic E-state index is 11.4. The molecule has 0 saturated heterocycles. The highest BCUT2D eigenvalue weighted by Gasteiger charge is 2.45. The van der Waals surface area contributed by atoms with Crippen LogP contribution >= 0.6 is 0 Å². The molecule has 2 bridgehead atoms. The van der Waals surface area contributed by atoms with Gasteiger partial charge in [-0.3, -0.25) is 9.59 Å². The highest BCUT2D eigenvalue weighted by Crippen LogP contribution is 2.50. The van der Waals surface area contributed by atoms with E-state index in [9.17, 15) is 9.59 Å². The van der Waals surface area contributed by atoms with Gasteiger partial charge in [0, 0.05) is 12.8 Å². The molecule has 2 aliphatic carbocycles. The molecule has 4 atom stereocenters. The van der Waals surface area contributed by atoms with Crippen molar-refractivity contribution >= 4 is 11.9 Å². The van der Waals surface area contributed by atoms with Crippen LogP contribution in [-0.4, -0.2) is 26.2 Å². The van der Waals surface area contributed by atoms with Gasteiger partial charge in [-0.05, 0) is 30.1 Å². The van der Waals surface area contributed by atoms with Crippen molar-refractivity contribution in [2.45, 2.75) is 19.3 Å². The number of fused-ring (bicyclic) bond motifs is 2. The number of rotatable bonds is 4. The largest absolute Gasteiger partial charge is 0.469 e. The van der Waals surface area contributed by atoms with E-state index in [-0.39, 0.29) is 23.8 Å². The highest BCUT2D eigenvalue weighted by molar-refractivity contribution is 5.71. The van der Waals surface area contributed by atoms with E-state index in [1.807, 2.05) is 0 Å². The van der Waals surface area contributed by atoms with Crippen LogP contribution in [0.3, 0.4) is 0 Å². The van der Waals surface area contributed by atoms with E-state index in [1.54, 1.807) is 0 Å². The van der Waals surface area contributed by atoms with Crippen molar-refractivity contribution in [2.75, 3.05) is 14.2 Å². The zero-order chi connectivity index (χ0) is 12.4. The minimum Gasteiger partial charge on any atom is -0.469 e. The lowest BCUT2D eigenvalue weighted by molar-refractivity contribution is -0.145. The van der Waals surface area contributed by atoms with E-state index in [1.165, 1.54) is 14.2 Å². The summed E-state index contributed by atoms with van der Waals surface area (Å²) >= 11 is 0. The molecule has 0 spiro atoms. The minimum atomic E-state index is -0.189. The summed E-state index contributed by atoms with van der Waals surface area (Å²) in [6, 6.07) is 0. The van der Waals surface area contributed by atoms with Gasteiger partial charge in [-0.25, -0.2) is 0 Å². The molecule has 0 radical (unpaired) electrons. The fraction of sp³-hybridized carbons (Fsp3) is 0.692. The topological polar surface area (TPSA) is 52.6 Å². The van der Waals surface area contributed by atoms with Crippen molar-refractivity contribution < 1.29 is 19.1 Å². The average Bonchev–Trinajstić information content (AvgIpc) is 2.91. The van der Waals surface area contributed by atoms with Crippen LogP contribution in [0.4, 0.5) is 0 Å². The third kappa shape index (κ3) is 2.35. The molecule has 0 amide bonds. The maximum Gasteiger partial charge on any atom is 0.305 e. The highest BCUT2D eigenvalue weighted by atomic mass is 16.5. The first-order chi connectivity index (χ1) is 8.15. The second-order valence-electron chi connectivity index (χ2n) is 4.84. The fourth-order valence-electron chi connectivity index (χ4n) is 3.18. The van der Waals surface area contributed by atoms with Crippen molar-refractivity contribution in [3.8, 4) is 0 Å². The Bertz CT molecular complexity index is 315. The lowest BCUT2D eigenvalue weighted by Crippen LogP contribution is -2.25. The number of allylic oxidation sites excluding steroid dienone is 2. The van der Waals surface area contributed by atoms with E-state index in [2.05, 4.69) is 12.2 Å². The second kappa shape index (κ2) is 4.90. The van der Waals surface area contributed by atoms with Crippen LogP contribution in [0.25, 0.3) is 0 Å². The SMILES string of the molecule is COC(=O)CC1C2C=CC(C2)C1CC(=O)OC. The maximum atomic E-state index is 11.4. The number of carbonyl (C=O) groups excluding carboxylic acids is 2. The van der Waals surface area contributed by atoms with E-state index in [0.29, 0.717) is 24.7 Å². The van der Waals surface area contributed by atoms with Crippen LogP contribution in [0.15, 0.2) is 12.2 Å². The lowest BCUT2D eigenvalue weighted by Gasteiger charge is -2.26. The predicted octanol–water partition coefficient (Wildman–Crippen LogP) is 1.55. The van der Waals surface area contributed by atoms with Crippen LogP contribution in [-0.2, 0) is 19.1 Å². The molecule has 17 heavy (non-hydrogen) atoms. The van der Waals surface area contributed by atoms with Crippen molar-refractivity contribution in [1.82, 2.24) is 0 Å². The van der Waals surface area contributed by atoms with Gasteiger partial charge in [0.1, 0.15) is 0 Å². The molecular weight excluding hydrogens is 220 g/mol. The molecule has 0 aromatic heterocycles. The van der Waals surface area contributed by atoms with Crippen molar-refractivity contribution in [3.05, 3.63) is 12.2 Å². The molecule has 0 aromatic carbocycles. The summed E-state index contributed by atoms with van der Waals surface area (Å²) in [5, 5.41) is 0. The summed E-state index contributed by atoms with van der Waals surface area (Å²) in [5.74, 6) is 0.937. The normalized spacial score (nSPS) is 33.8. The van der Waals surface area contributed by atoms with Crippen LogP contribution in [0.1, 0.15) is 19.3 Å². The second-order valence-corrected chi connectivity index (χ2v) is 4.84. The molecule has 2 rings (SSSR count). The van der Waals surface area contributed by atoms with Gasteiger partial charge in [0.15, 0.2) is 0 Å². The van der Waals surface area contributed by atoms with Gasteiger partial charge in [0.2, 0.25) is 0 Å². The molecule has 1 saturated carbocycles. The Labute approximate surface area is 101 Å². The minimum absolute atomic E-state index is 0.189. The monoisotopic (exact) mass is 238 g/mol. The number of ether oxygens (including phenoxy) is 2. The Morgan fingerprint density at radius 3 is 1.76 bits per heavy atom. The Hall–Kier alpha value is -1.32. The third-order valence-electron chi connectivity index (χ3n) is 4.06. The quantitative estimate of drug-likeness (QED) is 0.551. The molecule has 4 nitrogen and oxygen atoms in total. The first-order valence-corrected chi connectivity index (χ1v) is 5.97. The molecule has 94 valence electrons. The molecule has 2 aliphatic rings. The van der Waals surface area contributed by atoms with Crippen LogP contribution < -0.4 is 0 Å². The molecule has 4 unspecified atom stereocenters. The number of esters is 2. The Balaban J connectivity index is 2.04. The molecule has 0 aromatic rings. The van der Waals surface area contributed by atoms with Gasteiger partial charge in [0.25, 0.3) is 0 Å². The Kier molecular flexibility index (Phi) is 3.50. The molecule has 4 heteroatoms. The first kappa shape index (κ1) is 12.1. The number of carbonyl (C=O) groups is 2. The van der Waals surface area contributed by atoms with E-state index < -0.39 is 0 Å². The molecule has 0 heterocycles. The average molecular weight is 238 g/mol. The van der Waals surface area contributed by atoms with E-state index >= 15 is 0 Å². The van der Waals surface area contributed by atoms with E-state index in [4.69, 9.17) is 9.47 Å². The molecule has 1 fully saturated rings. The first-order valence-electron chi connectivity index (χ1n) is 5.97. The third-order valence-corrected chi connectivity index (χ3v) is 4.06. The fourth-order valence-corrected chi connectivity index (χ4v) is 3.18. The molecular formula is C13H18O4. The van der Waals surface area contributed by atoms with Gasteiger partial charge in [-0.2, -0.15) is 0 Å². The molecule has 0 N–H and O–H groups in total. The predicted molar refractivity (Wildman–Crippen MR) is 61.0 cm³/mol. The summed E-state index contributed by atoms with van der Waals surface area (Å²) in [7, 11) is 2.81. The number of methoxy groups -OCH3 is 2. The number of hydrogen-bond acceptors (Lipinski definition) is 4. The lowest BCUT2D eigenvalue weighted by atomic mass is 9.79. The summed E-state index contributed by atoms with van der Waals surface area (Å²) in [6.45, 7) is 0. The van der Waals surface area contributed by atoms with Gasteiger partial charge in [-0.15, -0.1) is 0 Å². The van der Waals surface area contributed by atoms with Gasteiger partial charge in [-0.1, -0.05) is 12.2 Å². The van der Waals surface area contributed by atoms with Gasteiger partial charge >= 0.3 is 11.9 Å². The number of hydrogen-bond donors (Lipinski definition) is 0. The summed E-state index contributed by atoms with van der Waals surface area (Å²) in [5.41, 5.74) is 0. The zero-order valence-electron chi connectivity index (χ0n) is 10.2. The Morgan fingerprint density at radius 1 is 1.00 bits per heavy atom. The van der Waals surface area contributed by atoms with Crippen molar-refractivity contribution in [2.24, 2.45) is 23.7 Å². The standard InChI is InChI=1S/C13H18O4/c1-16-12(14)6-10-8-3-4-9(5-8)11(10)7-13(15)17-2/h3-4,8-11H,5-7H2,1-2H3. The van der Waals surface area contributed by atoms with Crippen LogP contribution in [0.2, 0.25) is 0 Å². The summed E-state index contributed by atoms with van der Waals surface area (Å²) in [4.78, 5) is 22.8. The molecule has 0 aliphatic heterocycles. The zero-order valence-corrected chi connectivity index (χ0v) is 10.2. The Morgan fingerprint density at radius 2 is 1.41 bits per heavy atom. The van der Waals surface area contributed by atoms with Gasteiger partial charge < -0.3 is 9.47 Å². The van der Waals surface area contributed by atoms with Crippen molar-refractivity contribution in [3.63, 3.8) is 0 Å². The smallest absolute Gasteiger partial charge is 0.305 e. The van der Waals surface area contributed by atoms with Crippen LogP contribution in [0.5, 0.6) is 0 Å². The van der Waals surface area contributed by atoms with E-state index in [0.717, 1.165) is 6.42 Å². The summed E-state index contributed by atoms with van der Waals surface area (Å²) < 4.78 is 9.44. The van der Waals surface area contributed by atoms with Crippen molar-refractivity contribution in [1.29, 1.82) is 0 Å².